The van der Waals surface area contributed by atoms with Gasteiger partial charge in [0.15, 0.2) is 4.96 Å². The Morgan fingerprint density at radius 1 is 1.13 bits per heavy atom. The number of fused-ring (bicyclic) bond motifs is 1. The molecule has 0 N–H and O–H groups in total. The Balaban J connectivity index is 1.58. The average Bonchev–Trinajstić information content (AvgIpc) is 3.49. The number of carbonyl (C=O) groups is 1. The lowest BCUT2D eigenvalue weighted by atomic mass is 10.1. The second-order valence-corrected chi connectivity index (χ2v) is 8.74. The predicted octanol–water partition coefficient (Wildman–Crippen LogP) is 3.39. The maximum absolute atomic E-state index is 13.5. The lowest BCUT2D eigenvalue weighted by molar-refractivity contribution is -0.129. The maximum atomic E-state index is 13.5. The third-order valence-electron chi connectivity index (χ3n) is 5.76. The van der Waals surface area contributed by atoms with Gasteiger partial charge in [-0.1, -0.05) is 18.2 Å². The molecule has 1 saturated heterocycles. The zero-order chi connectivity index (χ0) is 21.5. The first-order valence-corrected chi connectivity index (χ1v) is 11.3. The number of nitrogens with zero attached hydrogens (tertiary/aromatic N) is 5. The summed E-state index contributed by atoms with van der Waals surface area (Å²) in [7, 11) is 0. The highest BCUT2D eigenvalue weighted by Crippen LogP contribution is 2.24. The maximum Gasteiger partial charge on any atom is 0.268 e. The minimum absolute atomic E-state index is 0.0652. The highest BCUT2D eigenvalue weighted by molar-refractivity contribution is 7.15. The minimum atomic E-state index is -0.175. The van der Waals surface area contributed by atoms with Gasteiger partial charge >= 0.3 is 0 Å². The molecular weight excluding hydrogens is 410 g/mol. The van der Waals surface area contributed by atoms with E-state index in [0.717, 1.165) is 37.3 Å². The zero-order valence-corrected chi connectivity index (χ0v) is 18.4. The van der Waals surface area contributed by atoms with Crippen molar-refractivity contribution in [2.75, 3.05) is 13.1 Å². The van der Waals surface area contributed by atoms with E-state index < -0.39 is 0 Å². The molecule has 31 heavy (non-hydrogen) atoms. The van der Waals surface area contributed by atoms with Gasteiger partial charge in [-0.05, 0) is 44.9 Å². The van der Waals surface area contributed by atoms with Gasteiger partial charge in [0.25, 0.3) is 5.56 Å². The van der Waals surface area contributed by atoms with Gasteiger partial charge in [0.05, 0.1) is 23.4 Å². The molecule has 3 aromatic heterocycles. The molecule has 1 amide bonds. The van der Waals surface area contributed by atoms with Crippen molar-refractivity contribution in [2.45, 2.75) is 33.1 Å². The molecule has 0 atom stereocenters. The Morgan fingerprint density at radius 2 is 1.87 bits per heavy atom. The number of aromatic nitrogens is 4. The summed E-state index contributed by atoms with van der Waals surface area (Å²) in [5.41, 5.74) is 4.09. The van der Waals surface area contributed by atoms with E-state index in [4.69, 9.17) is 5.10 Å². The van der Waals surface area contributed by atoms with E-state index in [-0.39, 0.29) is 17.9 Å². The first-order chi connectivity index (χ1) is 15.0. The zero-order valence-electron chi connectivity index (χ0n) is 17.5. The second-order valence-electron chi connectivity index (χ2n) is 7.91. The number of rotatable bonds is 4. The average molecular weight is 434 g/mol. The van der Waals surface area contributed by atoms with Crippen molar-refractivity contribution in [3.05, 3.63) is 69.2 Å². The summed E-state index contributed by atoms with van der Waals surface area (Å²) in [6.45, 7) is 5.40. The molecule has 4 heterocycles. The smallest absolute Gasteiger partial charge is 0.268 e. The van der Waals surface area contributed by atoms with Crippen LogP contribution < -0.4 is 5.56 Å². The van der Waals surface area contributed by atoms with Crippen molar-refractivity contribution < 1.29 is 4.79 Å². The molecule has 0 unspecified atom stereocenters. The normalized spacial score (nSPS) is 13.9. The van der Waals surface area contributed by atoms with Gasteiger partial charge in [-0.15, -0.1) is 11.3 Å². The summed E-state index contributed by atoms with van der Waals surface area (Å²) in [5.74, 6) is 0.0652. The van der Waals surface area contributed by atoms with Crippen LogP contribution in [0.5, 0.6) is 0 Å². The molecule has 7 nitrogen and oxygen atoms in total. The van der Waals surface area contributed by atoms with Gasteiger partial charge in [-0.2, -0.15) is 5.10 Å². The molecule has 1 aromatic carbocycles. The predicted molar refractivity (Wildman–Crippen MR) is 121 cm³/mol. The molecule has 4 aromatic rings. The van der Waals surface area contributed by atoms with E-state index in [2.05, 4.69) is 4.98 Å². The van der Waals surface area contributed by atoms with Gasteiger partial charge in [0, 0.05) is 29.9 Å². The van der Waals surface area contributed by atoms with Gasteiger partial charge in [0.1, 0.15) is 5.69 Å². The second kappa shape index (κ2) is 7.77. The number of hydrogen-bond donors (Lipinski definition) is 0. The SMILES string of the molecule is Cc1nc2scc(CC(=O)N3CCCC3)n2c(=O)c1-c1cc(C)n(-c2ccccc2)n1. The standard InChI is InChI=1S/C23H23N5O2S/c1-15-12-19(25-28(15)17-8-4-3-5-9-17)21-16(2)24-23-27(22(21)30)18(14-31-23)13-20(29)26-10-6-7-11-26/h3-5,8-9,12,14H,6-7,10-11,13H2,1-2H3. The summed E-state index contributed by atoms with van der Waals surface area (Å²) in [4.78, 5) is 33.4. The van der Waals surface area contributed by atoms with Crippen molar-refractivity contribution in [3.8, 4) is 16.9 Å². The number of benzene rings is 1. The van der Waals surface area contributed by atoms with Crippen LogP contribution >= 0.6 is 11.3 Å². The van der Waals surface area contributed by atoms with Crippen LogP contribution in [0.2, 0.25) is 0 Å². The fourth-order valence-corrected chi connectivity index (χ4v) is 5.11. The summed E-state index contributed by atoms with van der Waals surface area (Å²) >= 11 is 1.39. The van der Waals surface area contributed by atoms with Crippen LogP contribution in [0.15, 0.2) is 46.6 Å². The molecule has 1 aliphatic heterocycles. The van der Waals surface area contributed by atoms with Crippen molar-refractivity contribution >= 4 is 22.2 Å². The number of hydrogen-bond acceptors (Lipinski definition) is 5. The first-order valence-electron chi connectivity index (χ1n) is 10.4. The van der Waals surface area contributed by atoms with Gasteiger partial charge in [0.2, 0.25) is 5.91 Å². The molecular formula is C23H23N5O2S. The highest BCUT2D eigenvalue weighted by atomic mass is 32.1. The first kappa shape index (κ1) is 19.7. The molecule has 1 aliphatic rings. The van der Waals surface area contributed by atoms with Crippen molar-refractivity contribution in [1.29, 1.82) is 0 Å². The Kier molecular flexibility index (Phi) is 4.94. The molecule has 0 radical (unpaired) electrons. The van der Waals surface area contributed by atoms with E-state index in [1.165, 1.54) is 11.3 Å². The summed E-state index contributed by atoms with van der Waals surface area (Å²) in [6.07, 6.45) is 2.30. The molecule has 5 rings (SSSR count). The van der Waals surface area contributed by atoms with Crippen LogP contribution in [0.1, 0.15) is 29.9 Å². The number of para-hydroxylation sites is 1. The third-order valence-corrected chi connectivity index (χ3v) is 6.63. The van der Waals surface area contributed by atoms with E-state index in [9.17, 15) is 9.59 Å². The Bertz CT molecular complexity index is 1330. The summed E-state index contributed by atoms with van der Waals surface area (Å²) in [5, 5.41) is 6.58. The lowest BCUT2D eigenvalue weighted by Gasteiger charge is -2.14. The number of amides is 1. The van der Waals surface area contributed by atoms with Crippen LogP contribution in [0.25, 0.3) is 21.9 Å². The molecule has 1 fully saturated rings. The Labute approximate surface area is 183 Å². The van der Waals surface area contributed by atoms with Crippen LogP contribution in [0.3, 0.4) is 0 Å². The van der Waals surface area contributed by atoms with Gasteiger partial charge in [-0.25, -0.2) is 9.67 Å². The van der Waals surface area contributed by atoms with E-state index in [1.807, 2.05) is 65.2 Å². The topological polar surface area (TPSA) is 72.5 Å². The Morgan fingerprint density at radius 3 is 2.61 bits per heavy atom. The van der Waals surface area contributed by atoms with Crippen LogP contribution in [0.4, 0.5) is 0 Å². The van der Waals surface area contributed by atoms with Crippen LogP contribution in [-0.2, 0) is 11.2 Å². The monoisotopic (exact) mass is 433 g/mol. The number of likely N-dealkylation sites (tertiary alicyclic amines) is 1. The largest absolute Gasteiger partial charge is 0.342 e. The van der Waals surface area contributed by atoms with E-state index in [0.29, 0.717) is 27.6 Å². The van der Waals surface area contributed by atoms with E-state index in [1.54, 1.807) is 4.40 Å². The lowest BCUT2D eigenvalue weighted by Crippen LogP contribution is -2.30. The molecule has 0 saturated carbocycles. The minimum Gasteiger partial charge on any atom is -0.342 e. The van der Waals surface area contributed by atoms with Crippen molar-refractivity contribution in [1.82, 2.24) is 24.1 Å². The van der Waals surface area contributed by atoms with Crippen LogP contribution in [-0.4, -0.2) is 43.1 Å². The fourth-order valence-electron chi connectivity index (χ4n) is 4.18. The third kappa shape index (κ3) is 3.46. The quantitative estimate of drug-likeness (QED) is 0.495. The molecule has 0 spiro atoms. The molecule has 158 valence electrons. The number of aryl methyl sites for hydroxylation is 2. The molecule has 0 bridgehead atoms. The van der Waals surface area contributed by atoms with Crippen LogP contribution in [0, 0.1) is 13.8 Å². The number of carbonyl (C=O) groups excluding carboxylic acids is 1. The van der Waals surface area contributed by atoms with E-state index >= 15 is 0 Å². The highest BCUT2D eigenvalue weighted by Gasteiger charge is 2.22. The van der Waals surface area contributed by atoms with Gasteiger partial charge < -0.3 is 4.90 Å². The Hall–Kier alpha value is -3.26. The van der Waals surface area contributed by atoms with Crippen molar-refractivity contribution in [3.63, 3.8) is 0 Å². The number of thiazole rings is 1. The molecule has 0 aliphatic carbocycles. The van der Waals surface area contributed by atoms with Gasteiger partial charge in [-0.3, -0.25) is 14.0 Å². The summed E-state index contributed by atoms with van der Waals surface area (Å²) < 4.78 is 3.41. The summed E-state index contributed by atoms with van der Waals surface area (Å²) in [6, 6.07) is 11.7. The van der Waals surface area contributed by atoms with Crippen molar-refractivity contribution in [2.24, 2.45) is 0 Å². The molecule has 8 heteroatoms. The fraction of sp³-hybridized carbons (Fsp3) is 0.304.